The lowest BCUT2D eigenvalue weighted by atomic mass is 10.2. The van der Waals surface area contributed by atoms with E-state index in [1.165, 1.54) is 4.31 Å². The summed E-state index contributed by atoms with van der Waals surface area (Å²) in [5, 5.41) is 2.70. The number of hydrogen-bond acceptors (Lipinski definition) is 3. The molecule has 0 atom stereocenters. The Labute approximate surface area is 100 Å². The van der Waals surface area contributed by atoms with Crippen molar-refractivity contribution in [2.75, 3.05) is 17.6 Å². The predicted molar refractivity (Wildman–Crippen MR) is 64.9 cm³/mol. The molecule has 1 N–H and O–H groups in total. The Morgan fingerprint density at radius 1 is 1.29 bits per heavy atom. The first-order chi connectivity index (χ1) is 8.03. The molecule has 1 heterocycles. The fraction of sp³-hybridized carbons (Fsp3) is 0.364. The van der Waals surface area contributed by atoms with Crippen LogP contribution in [0.4, 0.5) is 5.69 Å². The summed E-state index contributed by atoms with van der Waals surface area (Å²) in [4.78, 5) is 11.6. The van der Waals surface area contributed by atoms with Gasteiger partial charge in [-0.15, -0.1) is 0 Å². The van der Waals surface area contributed by atoms with Crippen LogP contribution in [-0.4, -0.2) is 30.9 Å². The first kappa shape index (κ1) is 12.1. The fourth-order valence-electron chi connectivity index (χ4n) is 1.76. The largest absolute Gasteiger partial charge is 0.325 e. The van der Waals surface area contributed by atoms with Crippen LogP contribution in [0, 0.1) is 0 Å². The minimum absolute atomic E-state index is 0.00243. The third-order valence-electron chi connectivity index (χ3n) is 2.72. The quantitative estimate of drug-likeness (QED) is 0.848. The highest BCUT2D eigenvalue weighted by Crippen LogP contribution is 2.21. The number of nitrogens with zero attached hydrogens (tertiary/aromatic N) is 1. The second-order valence-electron chi connectivity index (χ2n) is 3.87. The van der Waals surface area contributed by atoms with Gasteiger partial charge in [-0.1, -0.05) is 18.2 Å². The van der Waals surface area contributed by atoms with Crippen molar-refractivity contribution in [2.24, 2.45) is 0 Å². The summed E-state index contributed by atoms with van der Waals surface area (Å²) in [6, 6.07) is 7.23. The van der Waals surface area contributed by atoms with Crippen LogP contribution in [0.2, 0.25) is 0 Å². The third-order valence-corrected chi connectivity index (χ3v) is 4.49. The molecule has 1 aliphatic heterocycles. The number of hydrogen-bond donors (Lipinski definition) is 1. The number of benzene rings is 1. The number of nitrogens with one attached hydrogen (secondary N) is 1. The molecule has 1 aliphatic rings. The van der Waals surface area contributed by atoms with E-state index in [2.05, 4.69) is 5.32 Å². The molecule has 0 spiro atoms. The Morgan fingerprint density at radius 3 is 2.71 bits per heavy atom. The molecule has 0 saturated heterocycles. The fourth-order valence-corrected chi connectivity index (χ4v) is 2.77. The molecule has 92 valence electrons. The summed E-state index contributed by atoms with van der Waals surface area (Å²) in [5.41, 5.74) is 1.50. The molecule has 1 amide bonds. The van der Waals surface area contributed by atoms with Crippen LogP contribution in [0.3, 0.4) is 0 Å². The van der Waals surface area contributed by atoms with Crippen molar-refractivity contribution in [3.8, 4) is 0 Å². The maximum absolute atomic E-state index is 11.8. The Hall–Kier alpha value is -1.40. The molecule has 0 bridgehead atoms. The maximum Gasteiger partial charge on any atom is 0.239 e. The van der Waals surface area contributed by atoms with Gasteiger partial charge in [0.15, 0.2) is 0 Å². The minimum atomic E-state index is -3.35. The number of para-hydroxylation sites is 1. The third kappa shape index (κ3) is 2.48. The zero-order valence-corrected chi connectivity index (χ0v) is 10.3. The van der Waals surface area contributed by atoms with E-state index < -0.39 is 10.0 Å². The first-order valence-corrected chi connectivity index (χ1v) is 6.99. The number of carbonyl (C=O) groups excluding carboxylic acids is 1. The van der Waals surface area contributed by atoms with Gasteiger partial charge in [0.2, 0.25) is 15.9 Å². The normalized spacial score (nSPS) is 17.1. The number of sulfonamides is 1. The van der Waals surface area contributed by atoms with E-state index in [1.54, 1.807) is 13.0 Å². The second kappa shape index (κ2) is 4.46. The van der Waals surface area contributed by atoms with E-state index in [4.69, 9.17) is 0 Å². The predicted octanol–water partition coefficient (Wildman–Crippen LogP) is 0.790. The summed E-state index contributed by atoms with van der Waals surface area (Å²) in [6.07, 6.45) is 0. The van der Waals surface area contributed by atoms with Crippen LogP contribution in [0.5, 0.6) is 0 Å². The smallest absolute Gasteiger partial charge is 0.239 e. The number of anilines is 1. The summed E-state index contributed by atoms with van der Waals surface area (Å²) in [7, 11) is -3.35. The number of amides is 1. The van der Waals surface area contributed by atoms with Gasteiger partial charge >= 0.3 is 0 Å². The van der Waals surface area contributed by atoms with Crippen LogP contribution in [0.1, 0.15) is 12.5 Å². The average Bonchev–Trinajstić information content (AvgIpc) is 2.47. The molecule has 6 heteroatoms. The highest BCUT2D eigenvalue weighted by atomic mass is 32.2. The maximum atomic E-state index is 11.8. The van der Waals surface area contributed by atoms with Crippen molar-refractivity contribution in [3.05, 3.63) is 29.8 Å². The van der Waals surface area contributed by atoms with E-state index in [9.17, 15) is 13.2 Å². The van der Waals surface area contributed by atoms with Gasteiger partial charge in [-0.3, -0.25) is 4.79 Å². The lowest BCUT2D eigenvalue weighted by Gasteiger charge is -2.17. The molecular formula is C11H14N2O3S. The minimum Gasteiger partial charge on any atom is -0.325 e. The summed E-state index contributed by atoms with van der Waals surface area (Å²) >= 11 is 0. The number of fused-ring (bicyclic) bond motifs is 1. The van der Waals surface area contributed by atoms with Crippen molar-refractivity contribution in [2.45, 2.75) is 13.5 Å². The molecule has 1 aromatic rings. The van der Waals surface area contributed by atoms with E-state index in [0.29, 0.717) is 5.69 Å². The molecule has 5 nitrogen and oxygen atoms in total. The zero-order valence-electron chi connectivity index (χ0n) is 9.51. The van der Waals surface area contributed by atoms with Crippen molar-refractivity contribution in [1.29, 1.82) is 0 Å². The van der Waals surface area contributed by atoms with Crippen molar-refractivity contribution in [1.82, 2.24) is 4.31 Å². The van der Waals surface area contributed by atoms with Gasteiger partial charge in [0.25, 0.3) is 0 Å². The van der Waals surface area contributed by atoms with E-state index >= 15 is 0 Å². The first-order valence-electron chi connectivity index (χ1n) is 5.38. The van der Waals surface area contributed by atoms with Gasteiger partial charge in [0.1, 0.15) is 0 Å². The monoisotopic (exact) mass is 254 g/mol. The molecular weight excluding hydrogens is 240 g/mol. The van der Waals surface area contributed by atoms with Crippen LogP contribution in [-0.2, 0) is 21.4 Å². The number of carbonyl (C=O) groups is 1. The molecule has 1 aromatic carbocycles. The average molecular weight is 254 g/mol. The highest BCUT2D eigenvalue weighted by molar-refractivity contribution is 7.89. The Morgan fingerprint density at radius 2 is 2.00 bits per heavy atom. The molecule has 0 fully saturated rings. The molecule has 2 rings (SSSR count). The highest BCUT2D eigenvalue weighted by Gasteiger charge is 2.26. The van der Waals surface area contributed by atoms with Gasteiger partial charge in [-0.25, -0.2) is 8.42 Å². The van der Waals surface area contributed by atoms with Crippen LogP contribution < -0.4 is 5.32 Å². The van der Waals surface area contributed by atoms with Gasteiger partial charge in [0, 0.05) is 12.2 Å². The Kier molecular flexibility index (Phi) is 3.17. The van der Waals surface area contributed by atoms with Gasteiger partial charge in [0.05, 0.1) is 12.3 Å². The lowest BCUT2D eigenvalue weighted by molar-refractivity contribution is -0.116. The number of rotatable bonds is 2. The standard InChI is InChI=1S/C11H14N2O3S/c1-2-17(15,16)13-7-9-5-3-4-6-10(9)12-11(14)8-13/h3-6H,2,7-8H2,1H3,(H,12,14). The van der Waals surface area contributed by atoms with Gasteiger partial charge in [-0.2, -0.15) is 4.31 Å². The Bertz CT molecular complexity index is 539. The SMILES string of the molecule is CCS(=O)(=O)N1CC(=O)Nc2ccccc2C1. The summed E-state index contributed by atoms with van der Waals surface area (Å²) in [6.45, 7) is 1.69. The van der Waals surface area contributed by atoms with Gasteiger partial charge in [-0.05, 0) is 18.6 Å². The summed E-state index contributed by atoms with van der Waals surface area (Å²) in [5.74, 6) is -0.297. The van der Waals surface area contributed by atoms with Gasteiger partial charge < -0.3 is 5.32 Å². The van der Waals surface area contributed by atoms with Crippen LogP contribution >= 0.6 is 0 Å². The molecule has 0 radical (unpaired) electrons. The second-order valence-corrected chi connectivity index (χ2v) is 6.13. The zero-order chi connectivity index (χ0) is 12.5. The molecule has 0 unspecified atom stereocenters. The molecule has 0 aliphatic carbocycles. The van der Waals surface area contributed by atoms with Crippen LogP contribution in [0.25, 0.3) is 0 Å². The lowest BCUT2D eigenvalue weighted by Crippen LogP contribution is -2.36. The molecule has 0 aromatic heterocycles. The van der Waals surface area contributed by atoms with Crippen molar-refractivity contribution < 1.29 is 13.2 Å². The molecule has 0 saturated carbocycles. The Balaban J connectivity index is 2.39. The van der Waals surface area contributed by atoms with Crippen molar-refractivity contribution >= 4 is 21.6 Å². The summed E-state index contributed by atoms with van der Waals surface area (Å²) < 4.78 is 24.8. The van der Waals surface area contributed by atoms with E-state index in [1.807, 2.05) is 18.2 Å². The van der Waals surface area contributed by atoms with E-state index in [0.717, 1.165) is 5.56 Å². The topological polar surface area (TPSA) is 66.5 Å². The van der Waals surface area contributed by atoms with E-state index in [-0.39, 0.29) is 24.7 Å². The van der Waals surface area contributed by atoms with Crippen molar-refractivity contribution in [3.63, 3.8) is 0 Å². The van der Waals surface area contributed by atoms with Crippen LogP contribution in [0.15, 0.2) is 24.3 Å². The molecule has 17 heavy (non-hydrogen) atoms.